The summed E-state index contributed by atoms with van der Waals surface area (Å²) in [4.78, 5) is 2.31. The molecule has 0 radical (unpaired) electrons. The van der Waals surface area contributed by atoms with E-state index in [0.29, 0.717) is 0 Å². The SMILES string of the molecule is Cc1cc(C)c(N(C)c2c(C)cccc2C)cc1C. The van der Waals surface area contributed by atoms with Crippen LogP contribution >= 0.6 is 0 Å². The van der Waals surface area contributed by atoms with E-state index in [4.69, 9.17) is 0 Å². The lowest BCUT2D eigenvalue weighted by molar-refractivity contribution is 1.13. The van der Waals surface area contributed by atoms with Crippen molar-refractivity contribution < 1.29 is 0 Å². The van der Waals surface area contributed by atoms with E-state index in [9.17, 15) is 0 Å². The van der Waals surface area contributed by atoms with E-state index in [1.54, 1.807) is 0 Å². The molecule has 0 aromatic heterocycles. The van der Waals surface area contributed by atoms with Gasteiger partial charge in [0, 0.05) is 18.4 Å². The van der Waals surface area contributed by atoms with E-state index in [1.165, 1.54) is 39.2 Å². The highest BCUT2D eigenvalue weighted by Crippen LogP contribution is 2.33. The van der Waals surface area contributed by atoms with Crippen molar-refractivity contribution in [1.29, 1.82) is 0 Å². The highest BCUT2D eigenvalue weighted by molar-refractivity contribution is 5.71. The Bertz CT molecular complexity index is 591. The Kier molecular flexibility index (Phi) is 3.66. The van der Waals surface area contributed by atoms with E-state index in [1.807, 2.05) is 0 Å². The van der Waals surface area contributed by atoms with E-state index in [2.05, 4.69) is 76.9 Å². The maximum atomic E-state index is 2.31. The summed E-state index contributed by atoms with van der Waals surface area (Å²) in [5, 5.41) is 0. The second-order valence-electron chi connectivity index (χ2n) is 5.52. The molecular formula is C18H23N. The number of benzene rings is 2. The van der Waals surface area contributed by atoms with Crippen LogP contribution in [0, 0.1) is 34.6 Å². The smallest absolute Gasteiger partial charge is 0.0467 e. The Morgan fingerprint density at radius 1 is 0.684 bits per heavy atom. The highest BCUT2D eigenvalue weighted by Gasteiger charge is 2.12. The molecule has 19 heavy (non-hydrogen) atoms. The van der Waals surface area contributed by atoms with Crippen LogP contribution in [0.4, 0.5) is 11.4 Å². The Labute approximate surface area is 116 Å². The van der Waals surface area contributed by atoms with Gasteiger partial charge in [0.25, 0.3) is 0 Å². The number of hydrogen-bond acceptors (Lipinski definition) is 1. The molecule has 0 atom stereocenters. The maximum absolute atomic E-state index is 2.31. The summed E-state index contributed by atoms with van der Waals surface area (Å²) >= 11 is 0. The molecule has 0 aliphatic heterocycles. The van der Waals surface area contributed by atoms with Gasteiger partial charge in [0.2, 0.25) is 0 Å². The Hall–Kier alpha value is -1.76. The molecule has 2 aromatic carbocycles. The molecule has 0 aliphatic carbocycles. The van der Waals surface area contributed by atoms with Crippen molar-refractivity contribution in [2.24, 2.45) is 0 Å². The first-order valence-electron chi connectivity index (χ1n) is 6.79. The zero-order chi connectivity index (χ0) is 14.2. The topological polar surface area (TPSA) is 3.24 Å². The molecule has 0 fully saturated rings. The number of hydrogen-bond donors (Lipinski definition) is 0. The van der Waals surface area contributed by atoms with E-state index < -0.39 is 0 Å². The summed E-state index contributed by atoms with van der Waals surface area (Å²) in [5.74, 6) is 0. The van der Waals surface area contributed by atoms with Gasteiger partial charge in [-0.3, -0.25) is 0 Å². The van der Waals surface area contributed by atoms with Gasteiger partial charge in [-0.25, -0.2) is 0 Å². The van der Waals surface area contributed by atoms with Gasteiger partial charge < -0.3 is 4.90 Å². The van der Waals surface area contributed by atoms with Crippen molar-refractivity contribution in [3.05, 3.63) is 58.1 Å². The predicted molar refractivity (Wildman–Crippen MR) is 84.6 cm³/mol. The fraction of sp³-hybridized carbons (Fsp3) is 0.333. The Morgan fingerprint density at radius 3 is 1.79 bits per heavy atom. The van der Waals surface area contributed by atoms with Crippen molar-refractivity contribution in [2.75, 3.05) is 11.9 Å². The minimum Gasteiger partial charge on any atom is -0.344 e. The van der Waals surface area contributed by atoms with Gasteiger partial charge in [0.05, 0.1) is 0 Å². The van der Waals surface area contributed by atoms with Crippen LogP contribution in [0.5, 0.6) is 0 Å². The van der Waals surface area contributed by atoms with Crippen molar-refractivity contribution in [2.45, 2.75) is 34.6 Å². The van der Waals surface area contributed by atoms with E-state index >= 15 is 0 Å². The predicted octanol–water partition coefficient (Wildman–Crippen LogP) is 5.00. The molecule has 0 spiro atoms. The lowest BCUT2D eigenvalue weighted by Gasteiger charge is -2.26. The van der Waals surface area contributed by atoms with Gasteiger partial charge in [0.15, 0.2) is 0 Å². The van der Waals surface area contributed by atoms with Gasteiger partial charge in [-0.1, -0.05) is 24.3 Å². The third kappa shape index (κ3) is 2.51. The average Bonchev–Trinajstić information content (AvgIpc) is 2.33. The Balaban J connectivity index is 2.56. The lowest BCUT2D eigenvalue weighted by atomic mass is 10.0. The van der Waals surface area contributed by atoms with Crippen LogP contribution < -0.4 is 4.90 Å². The van der Waals surface area contributed by atoms with Crippen LogP contribution in [0.15, 0.2) is 30.3 Å². The third-order valence-electron chi connectivity index (χ3n) is 3.95. The molecule has 0 saturated carbocycles. The zero-order valence-corrected chi connectivity index (χ0v) is 12.8. The first kappa shape index (κ1) is 13.7. The molecule has 0 heterocycles. The van der Waals surface area contributed by atoms with E-state index in [0.717, 1.165) is 0 Å². The van der Waals surface area contributed by atoms with Crippen LogP contribution in [0.1, 0.15) is 27.8 Å². The summed E-state index contributed by atoms with van der Waals surface area (Å²) in [7, 11) is 2.16. The molecule has 2 rings (SSSR count). The average molecular weight is 253 g/mol. The molecule has 0 aliphatic rings. The van der Waals surface area contributed by atoms with Gasteiger partial charge in [-0.15, -0.1) is 0 Å². The van der Waals surface area contributed by atoms with Crippen LogP contribution in [-0.4, -0.2) is 7.05 Å². The fourth-order valence-corrected chi connectivity index (χ4v) is 2.76. The largest absolute Gasteiger partial charge is 0.344 e. The maximum Gasteiger partial charge on any atom is 0.0467 e. The first-order valence-corrected chi connectivity index (χ1v) is 6.79. The number of nitrogens with zero attached hydrogens (tertiary/aromatic N) is 1. The molecule has 100 valence electrons. The minimum absolute atomic E-state index is 1.29. The van der Waals surface area contributed by atoms with Crippen molar-refractivity contribution in [3.63, 3.8) is 0 Å². The van der Waals surface area contributed by atoms with Gasteiger partial charge >= 0.3 is 0 Å². The molecular weight excluding hydrogens is 230 g/mol. The number of anilines is 2. The van der Waals surface area contributed by atoms with Gasteiger partial charge in [0.1, 0.15) is 0 Å². The third-order valence-corrected chi connectivity index (χ3v) is 3.95. The standard InChI is InChI=1S/C18H23N/c1-12-8-7-9-13(2)18(12)19(6)17-11-15(4)14(3)10-16(17)5/h7-11H,1-6H3. The van der Waals surface area contributed by atoms with Crippen LogP contribution in [0.2, 0.25) is 0 Å². The van der Waals surface area contributed by atoms with Crippen molar-refractivity contribution in [1.82, 2.24) is 0 Å². The van der Waals surface area contributed by atoms with Crippen LogP contribution in [0.3, 0.4) is 0 Å². The number of para-hydroxylation sites is 1. The molecule has 1 nitrogen and oxygen atoms in total. The first-order chi connectivity index (χ1) is 8.91. The molecule has 2 aromatic rings. The molecule has 1 heteroatoms. The summed E-state index contributed by atoms with van der Waals surface area (Å²) in [6, 6.07) is 11.0. The summed E-state index contributed by atoms with van der Waals surface area (Å²) in [6.07, 6.45) is 0. The van der Waals surface area contributed by atoms with Crippen molar-refractivity contribution in [3.8, 4) is 0 Å². The quantitative estimate of drug-likeness (QED) is 0.728. The number of rotatable bonds is 2. The summed E-state index contributed by atoms with van der Waals surface area (Å²) < 4.78 is 0. The molecule has 0 saturated heterocycles. The molecule has 0 unspecified atom stereocenters. The number of aryl methyl sites for hydroxylation is 5. The second kappa shape index (κ2) is 5.08. The molecule has 0 N–H and O–H groups in total. The van der Waals surface area contributed by atoms with Crippen molar-refractivity contribution >= 4 is 11.4 Å². The fourth-order valence-electron chi connectivity index (χ4n) is 2.76. The highest BCUT2D eigenvalue weighted by atomic mass is 15.1. The monoisotopic (exact) mass is 253 g/mol. The summed E-state index contributed by atoms with van der Waals surface area (Å²) in [5.41, 5.74) is 9.28. The van der Waals surface area contributed by atoms with E-state index in [-0.39, 0.29) is 0 Å². The normalized spacial score (nSPS) is 10.6. The van der Waals surface area contributed by atoms with Crippen LogP contribution in [-0.2, 0) is 0 Å². The van der Waals surface area contributed by atoms with Crippen LogP contribution in [0.25, 0.3) is 0 Å². The molecule has 0 amide bonds. The zero-order valence-electron chi connectivity index (χ0n) is 12.8. The lowest BCUT2D eigenvalue weighted by Crippen LogP contribution is -2.14. The Morgan fingerprint density at radius 2 is 1.21 bits per heavy atom. The van der Waals surface area contributed by atoms with Gasteiger partial charge in [-0.05, 0) is 68.5 Å². The summed E-state index contributed by atoms with van der Waals surface area (Å²) in [6.45, 7) is 10.9. The second-order valence-corrected chi connectivity index (χ2v) is 5.52. The van der Waals surface area contributed by atoms with Gasteiger partial charge in [-0.2, -0.15) is 0 Å². The molecule has 0 bridgehead atoms. The minimum atomic E-state index is 1.29.